The molecule has 4 nitrogen and oxygen atoms in total. The Kier molecular flexibility index (Phi) is 3.95. The maximum Gasteiger partial charge on any atom is 0.264 e. The van der Waals surface area contributed by atoms with Gasteiger partial charge in [-0.05, 0) is 6.92 Å². The van der Waals surface area contributed by atoms with Crippen LogP contribution >= 0.6 is 0 Å². The first kappa shape index (κ1) is 9.68. The Morgan fingerprint density at radius 1 is 1.55 bits per heavy atom. The van der Waals surface area contributed by atoms with Gasteiger partial charge >= 0.3 is 0 Å². The summed E-state index contributed by atoms with van der Waals surface area (Å²) in [7, 11) is 0. The van der Waals surface area contributed by atoms with Crippen molar-refractivity contribution < 1.29 is 9.59 Å². The minimum absolute atomic E-state index is 0.150. The van der Waals surface area contributed by atoms with E-state index < -0.39 is 5.91 Å². The molecule has 0 aliphatic carbocycles. The number of hydrogen-bond donors (Lipinski definition) is 2. The van der Waals surface area contributed by atoms with Crippen LogP contribution in [0.5, 0.6) is 0 Å². The molecule has 11 heavy (non-hydrogen) atoms. The number of allylic oxidation sites excluding steroid dienone is 1. The van der Waals surface area contributed by atoms with Gasteiger partial charge in [-0.15, -0.1) is 0 Å². The fourth-order valence-corrected chi connectivity index (χ4v) is 0.515. The van der Waals surface area contributed by atoms with E-state index in [2.05, 4.69) is 5.32 Å². The van der Waals surface area contributed by atoms with Gasteiger partial charge in [0, 0.05) is 6.42 Å². The lowest BCUT2D eigenvalue weighted by Crippen LogP contribution is -2.30. The predicted octanol–water partition coefficient (Wildman–Crippen LogP) is -0.0983. The van der Waals surface area contributed by atoms with Gasteiger partial charge in [0.15, 0.2) is 0 Å². The predicted molar refractivity (Wildman–Crippen MR) is 41.4 cm³/mol. The summed E-state index contributed by atoms with van der Waals surface area (Å²) in [5.74, 6) is -0.828. The molecule has 0 unspecified atom stereocenters. The monoisotopic (exact) mass is 156 g/mol. The highest BCUT2D eigenvalue weighted by molar-refractivity contribution is 5.96. The summed E-state index contributed by atoms with van der Waals surface area (Å²) < 4.78 is 0. The summed E-state index contributed by atoms with van der Waals surface area (Å²) >= 11 is 0. The number of primary amides is 1. The lowest BCUT2D eigenvalue weighted by atomic mass is 10.3. The van der Waals surface area contributed by atoms with Crippen molar-refractivity contribution in [1.29, 1.82) is 0 Å². The zero-order valence-corrected chi connectivity index (χ0v) is 6.68. The summed E-state index contributed by atoms with van der Waals surface area (Å²) in [6.45, 7) is 3.33. The van der Waals surface area contributed by atoms with E-state index in [0.717, 1.165) is 0 Å². The molecule has 0 saturated carbocycles. The number of carbonyl (C=O) groups excluding carboxylic acids is 2. The summed E-state index contributed by atoms with van der Waals surface area (Å²) in [4.78, 5) is 21.2. The quantitative estimate of drug-likeness (QED) is 0.560. The Bertz CT molecular complexity index is 197. The zero-order chi connectivity index (χ0) is 8.85. The molecule has 0 bridgehead atoms. The van der Waals surface area contributed by atoms with E-state index in [9.17, 15) is 9.59 Å². The molecule has 0 aromatic carbocycles. The average Bonchev–Trinajstić information content (AvgIpc) is 1.99. The standard InChI is InChI=1S/C7H12N2O2/c1-3-5(7(8)11)9-6(10)4-2/h3H,4H2,1-2H3,(H2,8,11)(H,9,10)/b5-3+. The summed E-state index contributed by atoms with van der Waals surface area (Å²) in [6.07, 6.45) is 1.81. The van der Waals surface area contributed by atoms with E-state index in [1.54, 1.807) is 13.8 Å². The van der Waals surface area contributed by atoms with Gasteiger partial charge in [0.2, 0.25) is 5.91 Å². The minimum Gasteiger partial charge on any atom is -0.364 e. The van der Waals surface area contributed by atoms with E-state index in [1.165, 1.54) is 6.08 Å². The van der Waals surface area contributed by atoms with Crippen molar-refractivity contribution in [1.82, 2.24) is 5.32 Å². The Balaban J connectivity index is 4.12. The number of nitrogens with one attached hydrogen (secondary N) is 1. The summed E-state index contributed by atoms with van der Waals surface area (Å²) in [6, 6.07) is 0. The highest BCUT2D eigenvalue weighted by Gasteiger charge is 2.05. The van der Waals surface area contributed by atoms with Gasteiger partial charge in [0.1, 0.15) is 5.70 Å². The molecule has 0 aromatic rings. The molecule has 4 heteroatoms. The third-order valence-corrected chi connectivity index (χ3v) is 1.15. The smallest absolute Gasteiger partial charge is 0.264 e. The second-order valence-electron chi connectivity index (χ2n) is 1.97. The molecule has 0 rings (SSSR count). The van der Waals surface area contributed by atoms with Crippen molar-refractivity contribution in [2.45, 2.75) is 20.3 Å². The van der Waals surface area contributed by atoms with Crippen molar-refractivity contribution in [3.63, 3.8) is 0 Å². The normalized spacial score (nSPS) is 10.9. The Morgan fingerprint density at radius 3 is 2.36 bits per heavy atom. The van der Waals surface area contributed by atoms with Crippen molar-refractivity contribution >= 4 is 11.8 Å². The van der Waals surface area contributed by atoms with Gasteiger partial charge in [-0.2, -0.15) is 0 Å². The average molecular weight is 156 g/mol. The summed E-state index contributed by atoms with van der Waals surface area (Å²) in [5, 5.41) is 2.36. The van der Waals surface area contributed by atoms with Crippen molar-refractivity contribution in [3.8, 4) is 0 Å². The van der Waals surface area contributed by atoms with Crippen LogP contribution in [0.2, 0.25) is 0 Å². The molecule has 0 spiro atoms. The molecule has 2 amide bonds. The zero-order valence-electron chi connectivity index (χ0n) is 6.68. The van der Waals surface area contributed by atoms with Crippen LogP contribution in [0.4, 0.5) is 0 Å². The SMILES string of the molecule is C/C=C(/NC(=O)CC)C(N)=O. The molecular weight excluding hydrogens is 144 g/mol. The van der Waals surface area contributed by atoms with E-state index >= 15 is 0 Å². The fourth-order valence-electron chi connectivity index (χ4n) is 0.515. The van der Waals surface area contributed by atoms with E-state index in [4.69, 9.17) is 5.73 Å². The molecular formula is C7H12N2O2. The van der Waals surface area contributed by atoms with Gasteiger partial charge in [-0.25, -0.2) is 0 Å². The Hall–Kier alpha value is -1.32. The molecule has 0 heterocycles. The van der Waals surface area contributed by atoms with Gasteiger partial charge in [-0.1, -0.05) is 13.0 Å². The molecule has 0 aliphatic heterocycles. The molecule has 0 atom stereocenters. The lowest BCUT2D eigenvalue weighted by molar-refractivity contribution is -0.122. The topological polar surface area (TPSA) is 72.2 Å². The van der Waals surface area contributed by atoms with Crippen LogP contribution in [0.15, 0.2) is 11.8 Å². The van der Waals surface area contributed by atoms with Crippen LogP contribution in [-0.2, 0) is 9.59 Å². The number of carbonyl (C=O) groups is 2. The van der Waals surface area contributed by atoms with Crippen LogP contribution in [-0.4, -0.2) is 11.8 Å². The first-order valence-corrected chi connectivity index (χ1v) is 3.37. The fraction of sp³-hybridized carbons (Fsp3) is 0.429. The first-order chi connectivity index (χ1) is 5.11. The van der Waals surface area contributed by atoms with Gasteiger partial charge in [-0.3, -0.25) is 9.59 Å². The largest absolute Gasteiger partial charge is 0.364 e. The maximum atomic E-state index is 10.7. The first-order valence-electron chi connectivity index (χ1n) is 3.37. The number of hydrogen-bond acceptors (Lipinski definition) is 2. The third-order valence-electron chi connectivity index (χ3n) is 1.15. The van der Waals surface area contributed by atoms with Crippen molar-refractivity contribution in [2.75, 3.05) is 0 Å². The van der Waals surface area contributed by atoms with Crippen LogP contribution in [0.25, 0.3) is 0 Å². The Morgan fingerprint density at radius 2 is 2.09 bits per heavy atom. The second-order valence-corrected chi connectivity index (χ2v) is 1.97. The molecule has 0 fully saturated rings. The number of amides is 2. The highest BCUT2D eigenvalue weighted by atomic mass is 16.2. The molecule has 0 aromatic heterocycles. The highest BCUT2D eigenvalue weighted by Crippen LogP contribution is 1.87. The van der Waals surface area contributed by atoms with E-state index in [-0.39, 0.29) is 11.6 Å². The van der Waals surface area contributed by atoms with Crippen LogP contribution in [0, 0.1) is 0 Å². The lowest BCUT2D eigenvalue weighted by Gasteiger charge is -2.02. The van der Waals surface area contributed by atoms with Gasteiger partial charge in [0.05, 0.1) is 0 Å². The Labute approximate surface area is 65.5 Å². The number of nitrogens with two attached hydrogens (primary N) is 1. The van der Waals surface area contributed by atoms with E-state index in [1.807, 2.05) is 0 Å². The molecule has 0 saturated heterocycles. The van der Waals surface area contributed by atoms with Gasteiger partial charge < -0.3 is 11.1 Å². The molecule has 0 radical (unpaired) electrons. The third kappa shape index (κ3) is 3.40. The second kappa shape index (κ2) is 4.49. The molecule has 3 N–H and O–H groups in total. The van der Waals surface area contributed by atoms with Gasteiger partial charge in [0.25, 0.3) is 5.91 Å². The molecule has 0 aliphatic rings. The van der Waals surface area contributed by atoms with Crippen molar-refractivity contribution in [2.24, 2.45) is 5.73 Å². The maximum absolute atomic E-state index is 10.7. The number of rotatable bonds is 3. The van der Waals surface area contributed by atoms with Crippen LogP contribution in [0.3, 0.4) is 0 Å². The minimum atomic E-state index is -0.616. The van der Waals surface area contributed by atoms with Crippen LogP contribution in [0.1, 0.15) is 20.3 Å². The van der Waals surface area contributed by atoms with Crippen molar-refractivity contribution in [3.05, 3.63) is 11.8 Å². The molecule has 62 valence electrons. The summed E-state index contributed by atoms with van der Waals surface area (Å²) in [5.41, 5.74) is 5.08. The van der Waals surface area contributed by atoms with E-state index in [0.29, 0.717) is 6.42 Å². The van der Waals surface area contributed by atoms with Crippen LogP contribution < -0.4 is 11.1 Å².